The first-order chi connectivity index (χ1) is 8.26. The maximum absolute atomic E-state index is 12.0. The van der Waals surface area contributed by atoms with Gasteiger partial charge in [0.05, 0.1) is 6.10 Å². The molecule has 0 radical (unpaired) electrons. The Hall–Kier alpha value is -1.10. The summed E-state index contributed by atoms with van der Waals surface area (Å²) in [4.78, 5) is 25.1. The molecule has 0 aromatic rings. The van der Waals surface area contributed by atoms with Crippen molar-refractivity contribution in [3.63, 3.8) is 0 Å². The predicted octanol–water partition coefficient (Wildman–Crippen LogP) is 1.19. The topological polar surface area (TPSA) is 66.8 Å². The van der Waals surface area contributed by atoms with E-state index in [-0.39, 0.29) is 23.7 Å². The molecular formula is C13H21NO4. The van der Waals surface area contributed by atoms with Gasteiger partial charge in [-0.15, -0.1) is 0 Å². The van der Waals surface area contributed by atoms with Gasteiger partial charge in [0.2, 0.25) is 0 Å². The van der Waals surface area contributed by atoms with Crippen LogP contribution in [0, 0.1) is 11.8 Å². The molecule has 1 aliphatic carbocycles. The first kappa shape index (κ1) is 13.3. The maximum atomic E-state index is 12.0. The van der Waals surface area contributed by atoms with Crippen LogP contribution in [-0.2, 0) is 9.53 Å². The van der Waals surface area contributed by atoms with E-state index in [1.54, 1.807) is 4.90 Å². The Kier molecular flexibility index (Phi) is 3.36. The number of amides is 1. The molecule has 5 heteroatoms. The van der Waals surface area contributed by atoms with Crippen molar-refractivity contribution in [1.29, 1.82) is 0 Å². The van der Waals surface area contributed by atoms with E-state index in [2.05, 4.69) is 0 Å². The van der Waals surface area contributed by atoms with Gasteiger partial charge in [0.15, 0.2) is 0 Å². The summed E-state index contributed by atoms with van der Waals surface area (Å²) in [5, 5.41) is 10.0. The summed E-state index contributed by atoms with van der Waals surface area (Å²) in [6.07, 6.45) is -0.0615. The average molecular weight is 255 g/mol. The zero-order chi connectivity index (χ0) is 13.5. The van der Waals surface area contributed by atoms with Crippen molar-refractivity contribution in [3.05, 3.63) is 0 Å². The number of ether oxygens (including phenoxy) is 1. The van der Waals surface area contributed by atoms with Gasteiger partial charge in [-0.1, -0.05) is 0 Å². The zero-order valence-corrected chi connectivity index (χ0v) is 11.2. The van der Waals surface area contributed by atoms with E-state index in [1.807, 2.05) is 20.8 Å². The fourth-order valence-corrected chi connectivity index (χ4v) is 2.76. The van der Waals surface area contributed by atoms with Crippen LogP contribution in [0.25, 0.3) is 0 Å². The Morgan fingerprint density at radius 1 is 1.28 bits per heavy atom. The molecule has 2 bridgehead atoms. The van der Waals surface area contributed by atoms with Gasteiger partial charge in [-0.05, 0) is 20.8 Å². The number of ketones is 1. The second kappa shape index (κ2) is 4.53. The van der Waals surface area contributed by atoms with Crippen LogP contribution in [0.5, 0.6) is 0 Å². The van der Waals surface area contributed by atoms with Crippen LogP contribution in [0.4, 0.5) is 4.79 Å². The molecule has 1 N–H and O–H groups in total. The van der Waals surface area contributed by atoms with Gasteiger partial charge < -0.3 is 14.7 Å². The Balaban J connectivity index is 2.02. The summed E-state index contributed by atoms with van der Waals surface area (Å²) in [6, 6.07) is 0. The van der Waals surface area contributed by atoms with E-state index in [0.29, 0.717) is 25.9 Å². The lowest BCUT2D eigenvalue weighted by Crippen LogP contribution is -2.55. The van der Waals surface area contributed by atoms with Gasteiger partial charge in [-0.3, -0.25) is 4.79 Å². The molecule has 5 nitrogen and oxygen atoms in total. The summed E-state index contributed by atoms with van der Waals surface area (Å²) in [5.41, 5.74) is -0.516. The van der Waals surface area contributed by atoms with Crippen LogP contribution in [0.3, 0.4) is 0 Å². The highest BCUT2D eigenvalue weighted by molar-refractivity contribution is 5.80. The molecule has 1 aliphatic heterocycles. The molecular weight excluding hydrogens is 234 g/mol. The summed E-state index contributed by atoms with van der Waals surface area (Å²) >= 11 is 0. The molecule has 2 unspecified atom stereocenters. The van der Waals surface area contributed by atoms with E-state index in [4.69, 9.17) is 4.74 Å². The second-order valence-electron chi connectivity index (χ2n) is 6.34. The summed E-state index contributed by atoms with van der Waals surface area (Å²) in [6.45, 7) is 6.31. The molecule has 2 atom stereocenters. The number of Topliss-reactive ketones (excluding diaryl/α,β-unsaturated/α-hetero) is 1. The normalized spacial score (nSPS) is 32.3. The van der Waals surface area contributed by atoms with Gasteiger partial charge in [-0.25, -0.2) is 4.79 Å². The van der Waals surface area contributed by atoms with Crippen molar-refractivity contribution in [3.8, 4) is 0 Å². The van der Waals surface area contributed by atoms with Gasteiger partial charge in [-0.2, -0.15) is 0 Å². The number of carbonyl (C=O) groups excluding carboxylic acids is 2. The fourth-order valence-electron chi connectivity index (χ4n) is 2.76. The summed E-state index contributed by atoms with van der Waals surface area (Å²) in [5.74, 6) is -0.0609. The number of likely N-dealkylation sites (tertiary alicyclic amines) is 1. The molecule has 2 fully saturated rings. The van der Waals surface area contributed by atoms with E-state index in [1.165, 1.54) is 0 Å². The van der Waals surface area contributed by atoms with Crippen LogP contribution in [0.1, 0.15) is 33.6 Å². The highest BCUT2D eigenvalue weighted by Crippen LogP contribution is 2.33. The fraction of sp³-hybridized carbons (Fsp3) is 0.846. The zero-order valence-electron chi connectivity index (χ0n) is 11.2. The van der Waals surface area contributed by atoms with E-state index in [9.17, 15) is 14.7 Å². The smallest absolute Gasteiger partial charge is 0.410 e. The molecule has 1 amide bonds. The predicted molar refractivity (Wildman–Crippen MR) is 65.0 cm³/mol. The van der Waals surface area contributed by atoms with Crippen LogP contribution in [-0.4, -0.2) is 46.7 Å². The van der Waals surface area contributed by atoms with Gasteiger partial charge in [0.1, 0.15) is 11.4 Å². The molecule has 0 spiro atoms. The standard InChI is InChI=1S/C13H21NO4/c1-13(2,3)18-12(17)14-6-8-4-10(15)5-9(7-14)11(8)16/h8-9,11,16H,4-7H2,1-3H3. The third-order valence-corrected chi connectivity index (χ3v) is 3.51. The molecule has 0 aromatic carbocycles. The molecule has 2 rings (SSSR count). The van der Waals surface area contributed by atoms with Crippen molar-refractivity contribution < 1.29 is 19.4 Å². The lowest BCUT2D eigenvalue weighted by Gasteiger charge is -2.44. The quantitative estimate of drug-likeness (QED) is 0.706. The highest BCUT2D eigenvalue weighted by Gasteiger charge is 2.43. The highest BCUT2D eigenvalue weighted by atomic mass is 16.6. The van der Waals surface area contributed by atoms with Crippen molar-refractivity contribution in [2.75, 3.05) is 13.1 Å². The lowest BCUT2D eigenvalue weighted by molar-refractivity contribution is -0.132. The minimum Gasteiger partial charge on any atom is -0.444 e. The first-order valence-corrected chi connectivity index (χ1v) is 6.44. The SMILES string of the molecule is CC(C)(C)OC(=O)N1CC2CC(=O)CC(C1)C2O. The Bertz CT molecular complexity index is 342. The third kappa shape index (κ3) is 2.83. The molecule has 0 aromatic heterocycles. The molecule has 1 saturated heterocycles. The van der Waals surface area contributed by atoms with Crippen LogP contribution < -0.4 is 0 Å². The largest absolute Gasteiger partial charge is 0.444 e. The third-order valence-electron chi connectivity index (χ3n) is 3.51. The van der Waals surface area contributed by atoms with Crippen molar-refractivity contribution >= 4 is 11.9 Å². The van der Waals surface area contributed by atoms with Crippen LogP contribution in [0.2, 0.25) is 0 Å². The number of fused-ring (bicyclic) bond motifs is 2. The first-order valence-electron chi connectivity index (χ1n) is 6.44. The Morgan fingerprint density at radius 3 is 2.22 bits per heavy atom. The van der Waals surface area contributed by atoms with Gasteiger partial charge in [0, 0.05) is 37.8 Å². The number of aliphatic hydroxyl groups excluding tert-OH is 1. The molecule has 18 heavy (non-hydrogen) atoms. The number of piperidine rings is 1. The van der Waals surface area contributed by atoms with Crippen molar-refractivity contribution in [2.45, 2.75) is 45.3 Å². The van der Waals surface area contributed by atoms with Crippen LogP contribution in [0.15, 0.2) is 0 Å². The van der Waals surface area contributed by atoms with E-state index < -0.39 is 11.7 Å². The Labute approximate surface area is 107 Å². The van der Waals surface area contributed by atoms with E-state index >= 15 is 0 Å². The molecule has 2 aliphatic rings. The molecule has 102 valence electrons. The maximum Gasteiger partial charge on any atom is 0.410 e. The number of hydrogen-bond acceptors (Lipinski definition) is 4. The number of rotatable bonds is 0. The lowest BCUT2D eigenvalue weighted by atomic mass is 9.75. The van der Waals surface area contributed by atoms with Gasteiger partial charge in [0.25, 0.3) is 0 Å². The molecule has 1 heterocycles. The van der Waals surface area contributed by atoms with Gasteiger partial charge >= 0.3 is 6.09 Å². The summed E-state index contributed by atoms with van der Waals surface area (Å²) < 4.78 is 5.32. The van der Waals surface area contributed by atoms with Crippen molar-refractivity contribution in [2.24, 2.45) is 11.8 Å². The minimum atomic E-state index is -0.516. The summed E-state index contributed by atoms with van der Waals surface area (Å²) in [7, 11) is 0. The average Bonchev–Trinajstić information content (AvgIpc) is 2.17. The second-order valence-corrected chi connectivity index (χ2v) is 6.34. The van der Waals surface area contributed by atoms with E-state index in [0.717, 1.165) is 0 Å². The number of nitrogens with zero attached hydrogens (tertiary/aromatic N) is 1. The minimum absolute atomic E-state index is 0.127. The molecule has 1 saturated carbocycles. The van der Waals surface area contributed by atoms with Crippen molar-refractivity contribution in [1.82, 2.24) is 4.90 Å². The number of carbonyl (C=O) groups is 2. The number of hydrogen-bond donors (Lipinski definition) is 1. The Morgan fingerprint density at radius 2 is 1.78 bits per heavy atom. The number of aliphatic hydroxyl groups is 1. The van der Waals surface area contributed by atoms with Crippen LogP contribution >= 0.6 is 0 Å². The monoisotopic (exact) mass is 255 g/mol.